The molecule has 0 atom stereocenters. The fourth-order valence-corrected chi connectivity index (χ4v) is 4.08. The summed E-state index contributed by atoms with van der Waals surface area (Å²) in [7, 11) is 0. The standard InChI is InChI=1S/C24H23N3OS/c1-17-9-11-19(12-10-17)21-16-29-24(26-21)22-8-5-13-27(22)15-23(28)25-14-20-7-4-3-6-18(20)2/h3-13,16H,14-15H2,1-2H3,(H,25,28). The van der Waals surface area contributed by atoms with Gasteiger partial charge in [-0.1, -0.05) is 54.1 Å². The average molecular weight is 402 g/mol. The van der Waals surface area contributed by atoms with Crippen molar-refractivity contribution in [1.29, 1.82) is 0 Å². The summed E-state index contributed by atoms with van der Waals surface area (Å²) in [5.41, 5.74) is 6.57. The van der Waals surface area contributed by atoms with Crippen molar-refractivity contribution in [2.75, 3.05) is 0 Å². The Morgan fingerprint density at radius 3 is 2.62 bits per heavy atom. The van der Waals surface area contributed by atoms with Gasteiger partial charge in [0.05, 0.1) is 11.4 Å². The topological polar surface area (TPSA) is 46.9 Å². The highest BCUT2D eigenvalue weighted by molar-refractivity contribution is 7.13. The third-order valence-corrected chi connectivity index (χ3v) is 5.82. The molecular weight excluding hydrogens is 378 g/mol. The van der Waals surface area contributed by atoms with Crippen LogP contribution in [0.1, 0.15) is 16.7 Å². The van der Waals surface area contributed by atoms with E-state index < -0.39 is 0 Å². The molecule has 4 rings (SSSR count). The van der Waals surface area contributed by atoms with E-state index in [2.05, 4.69) is 54.9 Å². The minimum atomic E-state index is -0.0129. The largest absolute Gasteiger partial charge is 0.350 e. The van der Waals surface area contributed by atoms with Gasteiger partial charge in [0.15, 0.2) is 0 Å². The highest BCUT2D eigenvalue weighted by atomic mass is 32.1. The van der Waals surface area contributed by atoms with Gasteiger partial charge in [-0.2, -0.15) is 0 Å². The molecule has 4 aromatic rings. The van der Waals surface area contributed by atoms with Crippen molar-refractivity contribution in [1.82, 2.24) is 14.9 Å². The van der Waals surface area contributed by atoms with Crippen LogP contribution in [0.4, 0.5) is 0 Å². The Labute approximate surface area is 174 Å². The number of hydrogen-bond acceptors (Lipinski definition) is 3. The summed E-state index contributed by atoms with van der Waals surface area (Å²) in [4.78, 5) is 17.3. The van der Waals surface area contributed by atoms with Gasteiger partial charge in [0.25, 0.3) is 0 Å². The van der Waals surface area contributed by atoms with Crippen molar-refractivity contribution in [2.24, 2.45) is 0 Å². The lowest BCUT2D eigenvalue weighted by molar-refractivity contribution is -0.121. The molecule has 0 aliphatic heterocycles. The molecule has 0 aliphatic rings. The summed E-state index contributed by atoms with van der Waals surface area (Å²) in [6, 6.07) is 20.4. The Morgan fingerprint density at radius 1 is 1.03 bits per heavy atom. The van der Waals surface area contributed by atoms with Crippen molar-refractivity contribution in [3.8, 4) is 22.0 Å². The molecule has 29 heavy (non-hydrogen) atoms. The van der Waals surface area contributed by atoms with Gasteiger partial charge < -0.3 is 9.88 Å². The molecule has 5 heteroatoms. The molecule has 0 aliphatic carbocycles. The number of amides is 1. The van der Waals surface area contributed by atoms with Gasteiger partial charge in [-0.05, 0) is 37.1 Å². The van der Waals surface area contributed by atoms with Gasteiger partial charge in [-0.3, -0.25) is 4.79 Å². The first-order valence-corrected chi connectivity index (χ1v) is 10.5. The van der Waals surface area contributed by atoms with Crippen LogP contribution in [0.3, 0.4) is 0 Å². The molecule has 0 unspecified atom stereocenters. The Hall–Kier alpha value is -3.18. The molecule has 2 aromatic carbocycles. The number of benzene rings is 2. The number of carbonyl (C=O) groups is 1. The first-order chi connectivity index (χ1) is 14.1. The maximum Gasteiger partial charge on any atom is 0.240 e. The molecule has 0 radical (unpaired) electrons. The molecule has 4 nitrogen and oxygen atoms in total. The Bertz CT molecular complexity index is 1130. The highest BCUT2D eigenvalue weighted by Gasteiger charge is 2.12. The van der Waals surface area contributed by atoms with Crippen molar-refractivity contribution >= 4 is 17.2 Å². The van der Waals surface area contributed by atoms with Gasteiger partial charge in [0.1, 0.15) is 11.6 Å². The normalized spacial score (nSPS) is 10.8. The van der Waals surface area contributed by atoms with Crippen LogP contribution in [0.2, 0.25) is 0 Å². The number of nitrogens with zero attached hydrogens (tertiary/aromatic N) is 2. The molecule has 2 heterocycles. The van der Waals surface area contributed by atoms with Crippen molar-refractivity contribution < 1.29 is 4.79 Å². The Kier molecular flexibility index (Phi) is 5.58. The van der Waals surface area contributed by atoms with Crippen molar-refractivity contribution in [3.05, 3.63) is 88.9 Å². The lowest BCUT2D eigenvalue weighted by Gasteiger charge is -2.10. The molecule has 0 saturated carbocycles. The number of aromatic nitrogens is 2. The van der Waals surface area contributed by atoms with E-state index in [1.54, 1.807) is 11.3 Å². The van der Waals surface area contributed by atoms with E-state index >= 15 is 0 Å². The van der Waals surface area contributed by atoms with Gasteiger partial charge in [0.2, 0.25) is 5.91 Å². The maximum absolute atomic E-state index is 12.5. The summed E-state index contributed by atoms with van der Waals surface area (Å²) in [6.07, 6.45) is 1.93. The van der Waals surface area contributed by atoms with Gasteiger partial charge in [0, 0.05) is 23.7 Å². The summed E-state index contributed by atoms with van der Waals surface area (Å²) in [5, 5.41) is 6.00. The fourth-order valence-electron chi connectivity index (χ4n) is 3.21. The van der Waals surface area contributed by atoms with Crippen molar-refractivity contribution in [2.45, 2.75) is 26.9 Å². The van der Waals surface area contributed by atoms with Crippen LogP contribution in [0.15, 0.2) is 72.2 Å². The zero-order chi connectivity index (χ0) is 20.2. The van der Waals surface area contributed by atoms with E-state index in [0.717, 1.165) is 27.5 Å². The predicted molar refractivity (Wildman–Crippen MR) is 119 cm³/mol. The molecule has 146 valence electrons. The number of thiazole rings is 1. The van der Waals surface area contributed by atoms with Gasteiger partial charge in [-0.25, -0.2) is 4.98 Å². The van der Waals surface area contributed by atoms with Crippen LogP contribution in [0.5, 0.6) is 0 Å². The third-order valence-electron chi connectivity index (χ3n) is 4.95. The smallest absolute Gasteiger partial charge is 0.240 e. The van der Waals surface area contributed by atoms with Crippen LogP contribution >= 0.6 is 11.3 Å². The second-order valence-corrected chi connectivity index (χ2v) is 7.99. The number of rotatable bonds is 6. The van der Waals surface area contributed by atoms with Crippen LogP contribution in [0, 0.1) is 13.8 Å². The molecule has 0 saturated heterocycles. The van der Waals surface area contributed by atoms with Crippen LogP contribution < -0.4 is 5.32 Å². The van der Waals surface area contributed by atoms with Crippen LogP contribution in [-0.4, -0.2) is 15.5 Å². The zero-order valence-corrected chi connectivity index (χ0v) is 17.4. The molecule has 0 fully saturated rings. The zero-order valence-electron chi connectivity index (χ0n) is 16.6. The number of carbonyl (C=O) groups excluding carboxylic acids is 1. The first kappa shape index (κ1) is 19.2. The quantitative estimate of drug-likeness (QED) is 0.482. The summed E-state index contributed by atoms with van der Waals surface area (Å²) in [6.45, 7) is 4.94. The van der Waals surface area contributed by atoms with Gasteiger partial charge in [-0.15, -0.1) is 11.3 Å². The number of nitrogens with one attached hydrogen (secondary N) is 1. The monoisotopic (exact) mass is 401 g/mol. The number of hydrogen-bond donors (Lipinski definition) is 1. The Morgan fingerprint density at radius 2 is 1.83 bits per heavy atom. The second-order valence-electron chi connectivity index (χ2n) is 7.13. The second kappa shape index (κ2) is 8.45. The lowest BCUT2D eigenvalue weighted by Crippen LogP contribution is -2.27. The molecule has 0 spiro atoms. The lowest BCUT2D eigenvalue weighted by atomic mass is 10.1. The first-order valence-electron chi connectivity index (χ1n) is 9.59. The van der Waals surface area contributed by atoms with E-state index in [0.29, 0.717) is 6.54 Å². The van der Waals surface area contributed by atoms with E-state index in [-0.39, 0.29) is 12.5 Å². The molecule has 1 N–H and O–H groups in total. The minimum Gasteiger partial charge on any atom is -0.350 e. The van der Waals surface area contributed by atoms with Gasteiger partial charge >= 0.3 is 0 Å². The summed E-state index contributed by atoms with van der Waals surface area (Å²) >= 11 is 1.60. The maximum atomic E-state index is 12.5. The summed E-state index contributed by atoms with van der Waals surface area (Å²) < 4.78 is 1.95. The molecule has 2 aromatic heterocycles. The third kappa shape index (κ3) is 4.46. The SMILES string of the molecule is Cc1ccc(-c2csc(-c3cccn3CC(=O)NCc3ccccc3C)n2)cc1. The Balaban J connectivity index is 1.45. The molecule has 0 bridgehead atoms. The van der Waals surface area contributed by atoms with E-state index in [4.69, 9.17) is 4.98 Å². The number of aryl methyl sites for hydroxylation is 2. The minimum absolute atomic E-state index is 0.0129. The highest BCUT2D eigenvalue weighted by Crippen LogP contribution is 2.29. The fraction of sp³-hybridized carbons (Fsp3) is 0.167. The molecule has 1 amide bonds. The van der Waals surface area contributed by atoms with E-state index in [1.807, 2.05) is 41.1 Å². The van der Waals surface area contributed by atoms with Crippen LogP contribution in [-0.2, 0) is 17.9 Å². The van der Waals surface area contributed by atoms with Crippen LogP contribution in [0.25, 0.3) is 22.0 Å². The predicted octanol–water partition coefficient (Wildman–Crippen LogP) is 5.21. The molecular formula is C24H23N3OS. The summed E-state index contributed by atoms with van der Waals surface area (Å²) in [5.74, 6) is -0.0129. The van der Waals surface area contributed by atoms with E-state index in [9.17, 15) is 4.79 Å². The van der Waals surface area contributed by atoms with E-state index in [1.165, 1.54) is 11.1 Å². The van der Waals surface area contributed by atoms with Crippen molar-refractivity contribution in [3.63, 3.8) is 0 Å². The average Bonchev–Trinajstić information content (AvgIpc) is 3.37.